The Bertz CT molecular complexity index is 564. The molecule has 0 heterocycles. The molecule has 0 spiro atoms. The first-order valence-electron chi connectivity index (χ1n) is 6.90. The van der Waals surface area contributed by atoms with E-state index in [1.165, 1.54) is 21.9 Å². The van der Waals surface area contributed by atoms with Gasteiger partial charge in [0.1, 0.15) is 13.8 Å². The van der Waals surface area contributed by atoms with E-state index in [1.807, 2.05) is 0 Å². The fraction of sp³-hybridized carbons (Fsp3) is 0.412. The number of para-hydroxylation sites is 1. The van der Waals surface area contributed by atoms with Crippen LogP contribution in [0.4, 0.5) is 0 Å². The van der Waals surface area contributed by atoms with Gasteiger partial charge in [0.25, 0.3) is 0 Å². The van der Waals surface area contributed by atoms with Crippen molar-refractivity contribution in [2.75, 3.05) is 7.11 Å². The van der Waals surface area contributed by atoms with Gasteiger partial charge in [-0.15, -0.1) is 0 Å². The lowest BCUT2D eigenvalue weighted by Gasteiger charge is -2.28. The van der Waals surface area contributed by atoms with Crippen molar-refractivity contribution in [1.82, 2.24) is 0 Å². The summed E-state index contributed by atoms with van der Waals surface area (Å²) in [4.78, 5) is 0. The fourth-order valence-electron chi connectivity index (χ4n) is 3.09. The molecule has 0 bridgehead atoms. The molecule has 0 unspecified atom stereocenters. The number of rotatable bonds is 3. The minimum absolute atomic E-state index is 1.04. The van der Waals surface area contributed by atoms with E-state index < -0.39 is 8.07 Å². The van der Waals surface area contributed by atoms with Crippen molar-refractivity contribution in [2.24, 2.45) is 0 Å². The summed E-state index contributed by atoms with van der Waals surface area (Å²) in [5, 5.41) is 3.07. The lowest BCUT2D eigenvalue weighted by atomic mass is 10.1. The molecule has 19 heavy (non-hydrogen) atoms. The monoisotopic (exact) mass is 272 g/mol. The van der Waals surface area contributed by atoms with Gasteiger partial charge < -0.3 is 4.74 Å². The number of ether oxygens (including phenoxy) is 1. The maximum atomic E-state index is 5.58. The molecule has 0 aliphatic heterocycles. The molecule has 1 aromatic carbocycles. The summed E-state index contributed by atoms with van der Waals surface area (Å²) in [6, 6.07) is 8.51. The van der Waals surface area contributed by atoms with Crippen LogP contribution in [0.15, 0.2) is 46.2 Å². The normalized spacial score (nSPS) is 16.3. The second kappa shape index (κ2) is 5.01. The molecule has 0 atom stereocenters. The van der Waals surface area contributed by atoms with Crippen molar-refractivity contribution in [2.45, 2.75) is 40.3 Å². The first-order chi connectivity index (χ1) is 8.89. The summed E-state index contributed by atoms with van der Waals surface area (Å²) in [6.07, 6.45) is 1.15. The molecule has 1 aliphatic carbocycles. The molecule has 1 nitrogen and oxygen atoms in total. The molecule has 2 rings (SSSR count). The smallest absolute Gasteiger partial charge is 0.118 e. The van der Waals surface area contributed by atoms with Crippen LogP contribution < -0.4 is 9.92 Å². The van der Waals surface area contributed by atoms with Gasteiger partial charge in [-0.25, -0.2) is 0 Å². The van der Waals surface area contributed by atoms with Gasteiger partial charge in [-0.3, -0.25) is 0 Å². The SMILES string of the molecule is COc1ccccc1[Si](C)(C)C1=C(C)C(C)=C(C)C1. The minimum atomic E-state index is -1.65. The third kappa shape index (κ3) is 2.30. The van der Waals surface area contributed by atoms with E-state index in [0.717, 1.165) is 12.2 Å². The average molecular weight is 272 g/mol. The summed E-state index contributed by atoms with van der Waals surface area (Å²) < 4.78 is 5.58. The van der Waals surface area contributed by atoms with Crippen LogP contribution in [0.5, 0.6) is 5.75 Å². The average Bonchev–Trinajstić information content (AvgIpc) is 2.67. The van der Waals surface area contributed by atoms with E-state index in [1.54, 1.807) is 12.3 Å². The molecular formula is C17H24OSi. The highest BCUT2D eigenvalue weighted by Crippen LogP contribution is 2.37. The van der Waals surface area contributed by atoms with Crippen molar-refractivity contribution in [1.29, 1.82) is 0 Å². The Kier molecular flexibility index (Phi) is 3.72. The number of allylic oxidation sites excluding steroid dienone is 4. The van der Waals surface area contributed by atoms with E-state index >= 15 is 0 Å². The van der Waals surface area contributed by atoms with Crippen molar-refractivity contribution in [3.05, 3.63) is 46.2 Å². The van der Waals surface area contributed by atoms with Crippen molar-refractivity contribution in [3.8, 4) is 5.75 Å². The molecule has 0 N–H and O–H groups in total. The Morgan fingerprint density at radius 1 is 1.00 bits per heavy atom. The van der Waals surface area contributed by atoms with Crippen molar-refractivity contribution in [3.63, 3.8) is 0 Å². The molecule has 2 heteroatoms. The van der Waals surface area contributed by atoms with Gasteiger partial charge in [0.2, 0.25) is 0 Å². The van der Waals surface area contributed by atoms with Crippen molar-refractivity contribution >= 4 is 13.3 Å². The van der Waals surface area contributed by atoms with Crippen LogP contribution in [0.3, 0.4) is 0 Å². The Morgan fingerprint density at radius 3 is 2.16 bits per heavy atom. The largest absolute Gasteiger partial charge is 0.497 e. The standard InChI is InChI=1S/C17H24OSi/c1-12-11-17(14(3)13(12)2)19(5,6)16-10-8-7-9-15(16)18-4/h7-10H,11H2,1-6H3. The molecule has 0 fully saturated rings. The van der Waals surface area contributed by atoms with E-state index in [-0.39, 0.29) is 0 Å². The van der Waals surface area contributed by atoms with Crippen LogP contribution in [-0.4, -0.2) is 15.2 Å². The van der Waals surface area contributed by atoms with Crippen LogP contribution >= 0.6 is 0 Å². The second-order valence-corrected chi connectivity index (χ2v) is 10.4. The van der Waals surface area contributed by atoms with E-state index in [2.05, 4.69) is 58.1 Å². The maximum Gasteiger partial charge on any atom is 0.118 e. The quantitative estimate of drug-likeness (QED) is 0.749. The Labute approximate surface area is 118 Å². The number of methoxy groups -OCH3 is 1. The zero-order valence-electron chi connectivity index (χ0n) is 12.9. The molecule has 1 aromatic rings. The summed E-state index contributed by atoms with van der Waals surface area (Å²) in [6.45, 7) is 11.7. The second-order valence-electron chi connectivity index (χ2n) is 6.01. The van der Waals surface area contributed by atoms with Gasteiger partial charge in [-0.05, 0) is 44.0 Å². The molecule has 0 amide bonds. The topological polar surface area (TPSA) is 9.23 Å². The molecule has 0 aromatic heterocycles. The van der Waals surface area contributed by atoms with Gasteiger partial charge in [0, 0.05) is 0 Å². The van der Waals surface area contributed by atoms with Gasteiger partial charge in [-0.1, -0.05) is 47.6 Å². The summed E-state index contributed by atoms with van der Waals surface area (Å²) in [5.74, 6) is 1.04. The lowest BCUT2D eigenvalue weighted by molar-refractivity contribution is 0.418. The van der Waals surface area contributed by atoms with E-state index in [9.17, 15) is 0 Å². The highest BCUT2D eigenvalue weighted by molar-refractivity contribution is 6.96. The Morgan fingerprint density at radius 2 is 1.63 bits per heavy atom. The number of benzene rings is 1. The zero-order chi connectivity index (χ0) is 14.2. The maximum absolute atomic E-state index is 5.58. The minimum Gasteiger partial charge on any atom is -0.497 e. The van der Waals surface area contributed by atoms with Gasteiger partial charge in [0.05, 0.1) is 7.11 Å². The molecular weight excluding hydrogens is 248 g/mol. The van der Waals surface area contributed by atoms with Crippen LogP contribution in [-0.2, 0) is 0 Å². The highest BCUT2D eigenvalue weighted by Gasteiger charge is 2.35. The van der Waals surface area contributed by atoms with Crippen LogP contribution in [0, 0.1) is 0 Å². The molecule has 102 valence electrons. The molecule has 0 saturated heterocycles. The van der Waals surface area contributed by atoms with E-state index in [4.69, 9.17) is 4.74 Å². The predicted octanol–water partition coefficient (Wildman–Crippen LogP) is 4.21. The first-order valence-corrected chi connectivity index (χ1v) is 9.90. The van der Waals surface area contributed by atoms with Gasteiger partial charge in [-0.2, -0.15) is 0 Å². The Balaban J connectivity index is 2.50. The molecule has 1 aliphatic rings. The summed E-state index contributed by atoms with van der Waals surface area (Å²) in [5.41, 5.74) is 4.54. The highest BCUT2D eigenvalue weighted by atomic mass is 28.3. The summed E-state index contributed by atoms with van der Waals surface area (Å²) in [7, 11) is 0.126. The number of hydrogen-bond acceptors (Lipinski definition) is 1. The first kappa shape index (κ1) is 14.1. The number of hydrogen-bond donors (Lipinski definition) is 0. The molecule has 0 saturated carbocycles. The predicted molar refractivity (Wildman–Crippen MR) is 85.8 cm³/mol. The zero-order valence-corrected chi connectivity index (χ0v) is 13.9. The third-order valence-electron chi connectivity index (χ3n) is 4.63. The summed E-state index contributed by atoms with van der Waals surface area (Å²) >= 11 is 0. The Hall–Kier alpha value is -1.28. The van der Waals surface area contributed by atoms with Crippen molar-refractivity contribution < 1.29 is 4.74 Å². The van der Waals surface area contributed by atoms with Gasteiger partial charge in [0.15, 0.2) is 0 Å². The molecule has 0 radical (unpaired) electrons. The van der Waals surface area contributed by atoms with Crippen LogP contribution in [0.1, 0.15) is 27.2 Å². The van der Waals surface area contributed by atoms with Crippen LogP contribution in [0.25, 0.3) is 0 Å². The van der Waals surface area contributed by atoms with E-state index in [0.29, 0.717) is 0 Å². The van der Waals surface area contributed by atoms with Gasteiger partial charge >= 0.3 is 0 Å². The van der Waals surface area contributed by atoms with Crippen LogP contribution in [0.2, 0.25) is 13.1 Å². The fourth-order valence-corrected chi connectivity index (χ4v) is 6.56. The third-order valence-corrected chi connectivity index (χ3v) is 8.45. The lowest BCUT2D eigenvalue weighted by Crippen LogP contribution is -2.44.